The molecular weight excluding hydrogens is 312 g/mol. The van der Waals surface area contributed by atoms with E-state index in [9.17, 15) is 4.79 Å². The Morgan fingerprint density at radius 1 is 1.39 bits per heavy atom. The van der Waals surface area contributed by atoms with Gasteiger partial charge in [-0.05, 0) is 27.4 Å². The number of rotatable bonds is 2. The lowest BCUT2D eigenvalue weighted by atomic mass is 9.48. The first-order valence-corrected chi connectivity index (χ1v) is 7.65. The third-order valence-corrected chi connectivity index (χ3v) is 6.03. The molecule has 1 heterocycles. The molecule has 0 spiro atoms. The van der Waals surface area contributed by atoms with Crippen LogP contribution in [0.1, 0.15) is 37.4 Å². The summed E-state index contributed by atoms with van der Waals surface area (Å²) in [6, 6.07) is 2.09. The minimum atomic E-state index is -0.0666. The summed E-state index contributed by atoms with van der Waals surface area (Å²) in [6.45, 7) is 8.43. The summed E-state index contributed by atoms with van der Waals surface area (Å²) >= 11 is 4.84. The fourth-order valence-electron chi connectivity index (χ4n) is 3.20. The Hall–Kier alpha value is -0.390. The highest BCUT2D eigenvalue weighted by Gasteiger charge is 2.60. The second-order valence-electron chi connectivity index (χ2n) is 6.12. The first kappa shape index (κ1) is 14.0. The smallest absolute Gasteiger partial charge is 0.262 e. The molecule has 0 radical (unpaired) electrons. The van der Waals surface area contributed by atoms with Gasteiger partial charge in [-0.25, -0.2) is 0 Å². The maximum absolute atomic E-state index is 12.2. The van der Waals surface area contributed by atoms with Crippen LogP contribution in [0.5, 0.6) is 0 Å². The molecule has 0 aromatic carbocycles. The van der Waals surface area contributed by atoms with Gasteiger partial charge in [-0.15, -0.1) is 11.3 Å². The van der Waals surface area contributed by atoms with Gasteiger partial charge >= 0.3 is 0 Å². The standard InChI is InChI=1S/C13H19BrN2OS/c1-12(2)10(15)13(3,4)11(12)16-9(17)8-7(14)5-6-18-8/h5-6,10-11H,15H2,1-4H3,(H,16,17). The molecule has 0 bridgehead atoms. The first-order chi connectivity index (χ1) is 8.19. The van der Waals surface area contributed by atoms with Crippen molar-refractivity contribution in [1.29, 1.82) is 0 Å². The largest absolute Gasteiger partial charge is 0.347 e. The number of hydrogen-bond acceptors (Lipinski definition) is 3. The van der Waals surface area contributed by atoms with Crippen LogP contribution in [0.15, 0.2) is 15.9 Å². The summed E-state index contributed by atoms with van der Waals surface area (Å²) in [5.74, 6) is -0.0186. The SMILES string of the molecule is CC1(C)C(N)C(C)(C)C1NC(=O)c1sccc1Br. The van der Waals surface area contributed by atoms with Gasteiger partial charge in [-0.2, -0.15) is 0 Å². The summed E-state index contributed by atoms with van der Waals surface area (Å²) in [7, 11) is 0. The van der Waals surface area contributed by atoms with Crippen LogP contribution in [-0.2, 0) is 0 Å². The van der Waals surface area contributed by atoms with Crippen LogP contribution in [0.4, 0.5) is 0 Å². The fourth-order valence-corrected chi connectivity index (χ4v) is 4.66. The number of carbonyl (C=O) groups is 1. The molecule has 1 aromatic rings. The number of hydrogen-bond donors (Lipinski definition) is 2. The molecule has 1 aliphatic carbocycles. The summed E-state index contributed by atoms with van der Waals surface area (Å²) < 4.78 is 0.851. The van der Waals surface area contributed by atoms with Crippen LogP contribution in [0.3, 0.4) is 0 Å². The van der Waals surface area contributed by atoms with E-state index in [1.807, 2.05) is 11.4 Å². The van der Waals surface area contributed by atoms with Gasteiger partial charge in [0.25, 0.3) is 5.91 Å². The topological polar surface area (TPSA) is 55.1 Å². The molecule has 0 saturated heterocycles. The van der Waals surface area contributed by atoms with Crippen molar-refractivity contribution in [2.75, 3.05) is 0 Å². The molecule has 3 nitrogen and oxygen atoms in total. The molecule has 1 saturated carbocycles. The zero-order chi connectivity index (χ0) is 13.7. The molecule has 1 aliphatic rings. The molecule has 1 amide bonds. The van der Waals surface area contributed by atoms with Gasteiger partial charge in [0.05, 0.1) is 0 Å². The molecular formula is C13H19BrN2OS. The van der Waals surface area contributed by atoms with Crippen molar-refractivity contribution in [2.24, 2.45) is 16.6 Å². The Kier molecular flexibility index (Phi) is 3.37. The van der Waals surface area contributed by atoms with E-state index < -0.39 is 0 Å². The highest BCUT2D eigenvalue weighted by molar-refractivity contribution is 9.10. The number of amides is 1. The van der Waals surface area contributed by atoms with Crippen molar-refractivity contribution in [3.8, 4) is 0 Å². The highest BCUT2D eigenvalue weighted by atomic mass is 79.9. The number of thiophene rings is 1. The first-order valence-electron chi connectivity index (χ1n) is 5.98. The van der Waals surface area contributed by atoms with E-state index in [4.69, 9.17) is 5.73 Å². The van der Waals surface area contributed by atoms with E-state index in [1.54, 1.807) is 0 Å². The van der Waals surface area contributed by atoms with Gasteiger partial charge in [0.15, 0.2) is 0 Å². The third-order valence-electron chi connectivity index (χ3n) is 4.19. The summed E-state index contributed by atoms with van der Waals surface area (Å²) in [6.07, 6.45) is 0. The molecule has 5 heteroatoms. The Labute approximate surface area is 120 Å². The Bertz CT molecular complexity index is 465. The Balaban J connectivity index is 2.16. The predicted molar refractivity (Wildman–Crippen MR) is 78.8 cm³/mol. The van der Waals surface area contributed by atoms with Gasteiger partial charge in [0.1, 0.15) is 4.88 Å². The van der Waals surface area contributed by atoms with Gasteiger partial charge < -0.3 is 11.1 Å². The van der Waals surface area contributed by atoms with E-state index in [0.29, 0.717) is 0 Å². The summed E-state index contributed by atoms with van der Waals surface area (Å²) in [5, 5.41) is 5.04. The van der Waals surface area contributed by atoms with Crippen LogP contribution in [-0.4, -0.2) is 18.0 Å². The highest BCUT2D eigenvalue weighted by Crippen LogP contribution is 2.52. The molecule has 0 unspecified atom stereocenters. The average Bonchev–Trinajstić information content (AvgIpc) is 2.70. The van der Waals surface area contributed by atoms with Crippen molar-refractivity contribution in [3.05, 3.63) is 20.8 Å². The molecule has 18 heavy (non-hydrogen) atoms. The average molecular weight is 331 g/mol. The van der Waals surface area contributed by atoms with Gasteiger partial charge in [0, 0.05) is 27.4 Å². The predicted octanol–water partition coefficient (Wildman–Crippen LogP) is 3.00. The molecule has 0 atom stereocenters. The lowest BCUT2D eigenvalue weighted by Crippen LogP contribution is -2.76. The number of carbonyl (C=O) groups excluding carboxylic acids is 1. The van der Waals surface area contributed by atoms with E-state index in [1.165, 1.54) is 11.3 Å². The Morgan fingerprint density at radius 3 is 2.39 bits per heavy atom. The summed E-state index contributed by atoms with van der Waals surface area (Å²) in [4.78, 5) is 13.0. The van der Waals surface area contributed by atoms with Crippen molar-refractivity contribution < 1.29 is 4.79 Å². The van der Waals surface area contributed by atoms with Crippen molar-refractivity contribution in [2.45, 2.75) is 39.8 Å². The van der Waals surface area contributed by atoms with Gasteiger partial charge in [-0.1, -0.05) is 27.7 Å². The van der Waals surface area contributed by atoms with Gasteiger partial charge in [-0.3, -0.25) is 4.79 Å². The fraction of sp³-hybridized carbons (Fsp3) is 0.615. The van der Waals surface area contributed by atoms with Crippen molar-refractivity contribution >= 4 is 33.2 Å². The number of nitrogens with two attached hydrogens (primary N) is 1. The second-order valence-corrected chi connectivity index (χ2v) is 7.89. The van der Waals surface area contributed by atoms with Crippen LogP contribution in [0, 0.1) is 10.8 Å². The van der Waals surface area contributed by atoms with E-state index in [-0.39, 0.29) is 28.8 Å². The zero-order valence-electron chi connectivity index (χ0n) is 11.1. The molecule has 0 aliphatic heterocycles. The van der Waals surface area contributed by atoms with Crippen LogP contribution >= 0.6 is 27.3 Å². The maximum atomic E-state index is 12.2. The van der Waals surface area contributed by atoms with Crippen LogP contribution < -0.4 is 11.1 Å². The van der Waals surface area contributed by atoms with Gasteiger partial charge in [0.2, 0.25) is 0 Å². The molecule has 2 rings (SSSR count). The summed E-state index contributed by atoms with van der Waals surface area (Å²) in [5.41, 5.74) is 6.06. The quantitative estimate of drug-likeness (QED) is 0.875. The minimum Gasteiger partial charge on any atom is -0.347 e. The van der Waals surface area contributed by atoms with E-state index >= 15 is 0 Å². The maximum Gasteiger partial charge on any atom is 0.262 e. The monoisotopic (exact) mass is 330 g/mol. The normalized spacial score (nSPS) is 28.6. The van der Waals surface area contributed by atoms with E-state index in [0.717, 1.165) is 9.35 Å². The number of halogens is 1. The molecule has 3 N–H and O–H groups in total. The number of nitrogens with one attached hydrogen (secondary N) is 1. The lowest BCUT2D eigenvalue weighted by molar-refractivity contribution is -0.0663. The third kappa shape index (κ3) is 1.92. The van der Waals surface area contributed by atoms with Crippen molar-refractivity contribution in [1.82, 2.24) is 5.32 Å². The minimum absolute atomic E-state index is 0.0186. The Morgan fingerprint density at radius 2 is 1.94 bits per heavy atom. The van der Waals surface area contributed by atoms with Crippen LogP contribution in [0.25, 0.3) is 0 Å². The molecule has 1 fully saturated rings. The van der Waals surface area contributed by atoms with E-state index in [2.05, 4.69) is 48.9 Å². The lowest BCUT2D eigenvalue weighted by Gasteiger charge is -2.62. The van der Waals surface area contributed by atoms with Crippen molar-refractivity contribution in [3.63, 3.8) is 0 Å². The second kappa shape index (κ2) is 4.32. The zero-order valence-corrected chi connectivity index (χ0v) is 13.5. The van der Waals surface area contributed by atoms with Crippen LogP contribution in [0.2, 0.25) is 0 Å². The molecule has 1 aromatic heterocycles. The molecule has 100 valence electrons.